The molecule has 0 bridgehead atoms. The third-order valence-electron chi connectivity index (χ3n) is 11.9. The highest BCUT2D eigenvalue weighted by Gasteiger charge is 2.31. The molecule has 47 heteroatoms. The molecule has 0 atom stereocenters. The van der Waals surface area contributed by atoms with E-state index in [9.17, 15) is 113 Å². The van der Waals surface area contributed by atoms with Gasteiger partial charge in [-0.1, -0.05) is 5.04 Å². The molecule has 0 fully saturated rings. The van der Waals surface area contributed by atoms with Gasteiger partial charge in [0.15, 0.2) is 17.2 Å². The standard InChI is InChI=1S/C43H31N12O28S7/c1-16-10-30(87(70,71)72)26(48-52-37-38(43(59)60)53-54(42(37)58)17-2-5-19(6-3-17)85(64,65)66)14-25(16)47-51-36-32(89(76,77)78)13-21-20(39(36)56)7-9-24(41(21)90(79,80)81)46-49-27-15-29(86(67,68)69)22-12-28(84-83-82-63)35(40(57)33(22)34(27)44)50-45-23-8-4-18(55(61)62)11-31(23)88(73,74)75/h2-15,56-58,61,63H,44H2,1H3,(H,59,60)(H,64,65,66)(H,67,68,69)(H,70,71,72)(H,73,74,75)(H,76,77,78)(H,79,80,81)/q-1. The molecule has 8 rings (SSSR count). The quantitative estimate of drug-likeness (QED) is 0.00854. The maximum absolute atomic E-state index is 13.2. The van der Waals surface area contributed by atoms with Gasteiger partial charge in [-0.05, 0) is 97.4 Å². The molecular weight excluding hydrogens is 1360 g/mol. The molecule has 14 N–H and O–H groups in total. The molecule has 7 aromatic carbocycles. The average molecular weight is 1390 g/mol. The van der Waals surface area contributed by atoms with Gasteiger partial charge >= 0.3 is 5.97 Å². The maximum Gasteiger partial charge on any atom is 0.358 e. The number of anilines is 2. The zero-order valence-corrected chi connectivity index (χ0v) is 49.1. The molecule has 0 saturated carbocycles. The largest absolute Gasteiger partial charge is 0.733 e. The Hall–Kier alpha value is -9.25. The first-order valence-corrected chi connectivity index (χ1v) is 32.2. The predicted molar refractivity (Wildman–Crippen MR) is 299 cm³/mol. The minimum Gasteiger partial charge on any atom is -0.733 e. The lowest BCUT2D eigenvalue weighted by atomic mass is 10.0. The Morgan fingerprint density at radius 3 is 1.68 bits per heavy atom. The lowest BCUT2D eigenvalue weighted by molar-refractivity contribution is -0.432. The van der Waals surface area contributed by atoms with E-state index in [0.29, 0.717) is 41.1 Å². The number of nitrogens with two attached hydrogens (primary N) is 1. The molecule has 0 spiro atoms. The predicted octanol–water partition coefficient (Wildman–Crippen LogP) is 8.15. The first kappa shape index (κ1) is 66.7. The van der Waals surface area contributed by atoms with Gasteiger partial charge in [0, 0.05) is 16.2 Å². The second-order valence-electron chi connectivity index (χ2n) is 17.5. The Labute approximate surface area is 504 Å². The summed E-state index contributed by atoms with van der Waals surface area (Å²) < 4.78 is 216. The van der Waals surface area contributed by atoms with E-state index in [2.05, 4.69) is 55.4 Å². The smallest absolute Gasteiger partial charge is 0.358 e. The van der Waals surface area contributed by atoms with Crippen LogP contribution in [0.3, 0.4) is 0 Å². The lowest BCUT2D eigenvalue weighted by Gasteiger charge is -2.22. The number of hydrogen-bond acceptors (Lipinski definition) is 33. The van der Waals surface area contributed by atoms with Crippen LogP contribution in [0, 0.1) is 12.1 Å². The van der Waals surface area contributed by atoms with E-state index in [4.69, 9.17) is 11.0 Å². The summed E-state index contributed by atoms with van der Waals surface area (Å²) in [5.41, 5.74) is -4.09. The van der Waals surface area contributed by atoms with Gasteiger partial charge in [-0.2, -0.15) is 65.4 Å². The number of aromatic carboxylic acids is 1. The number of benzene rings is 7. The van der Waals surface area contributed by atoms with Crippen molar-refractivity contribution >= 4 is 157 Å². The van der Waals surface area contributed by atoms with E-state index >= 15 is 0 Å². The van der Waals surface area contributed by atoms with Gasteiger partial charge in [-0.25, -0.2) is 10.1 Å². The highest BCUT2D eigenvalue weighted by Crippen LogP contribution is 2.51. The van der Waals surface area contributed by atoms with Crippen molar-refractivity contribution in [2.75, 3.05) is 11.0 Å². The van der Waals surface area contributed by atoms with Crippen molar-refractivity contribution in [2.24, 2.45) is 40.9 Å². The van der Waals surface area contributed by atoms with Crippen LogP contribution in [0.1, 0.15) is 16.1 Å². The monoisotopic (exact) mass is 1390 g/mol. The summed E-state index contributed by atoms with van der Waals surface area (Å²) >= 11 is -0.0463. The van der Waals surface area contributed by atoms with Gasteiger partial charge in [-0.3, -0.25) is 32.5 Å². The maximum atomic E-state index is 13.2. The zero-order chi connectivity index (χ0) is 66.7. The number of nitrogens with zero attached hydrogens (tertiary/aromatic N) is 11. The van der Waals surface area contributed by atoms with Gasteiger partial charge in [0.25, 0.3) is 60.7 Å². The van der Waals surface area contributed by atoms with E-state index in [0.717, 1.165) is 55.5 Å². The van der Waals surface area contributed by atoms with Crippen LogP contribution in [-0.4, -0.2) is 124 Å². The SMILES string of the molecule is Cc1cc(S(=O)(=O)O)c(N=Nc2c(C(=O)O)nn(-c3ccc(S(=O)(=O)O)cc3)c2O)cc1N=Nc1c(S(=O)(=O)O)cc2c(S(=O)(=O)O)c(N=Nc3cc(S(=O)(=O)O)c4cc(SOOO)c(N=Nc5ccc(N([O-])O)cc5S(=O)(=O)O)c(O)c4c3N)ccc2c1O. The summed E-state index contributed by atoms with van der Waals surface area (Å²) in [4.78, 5) is 4.61. The van der Waals surface area contributed by atoms with Gasteiger partial charge in [-0.15, -0.1) is 40.1 Å². The molecule has 0 aliphatic rings. The molecular formula is C43H31N12O28S7-. The minimum atomic E-state index is -5.76. The molecule has 0 saturated heterocycles. The summed E-state index contributed by atoms with van der Waals surface area (Å²) in [6.45, 7) is 1.12. The van der Waals surface area contributed by atoms with Crippen molar-refractivity contribution in [3.05, 3.63) is 101 Å². The van der Waals surface area contributed by atoms with Crippen molar-refractivity contribution in [2.45, 2.75) is 41.2 Å². The summed E-state index contributed by atoms with van der Waals surface area (Å²) in [7, 11) is -32.3. The Balaban J connectivity index is 1.25. The summed E-state index contributed by atoms with van der Waals surface area (Å²) in [6.07, 6.45) is 0. The van der Waals surface area contributed by atoms with Crippen LogP contribution >= 0.6 is 12.0 Å². The number of nitrogen functional groups attached to an aromatic ring is 1. The molecule has 0 aliphatic heterocycles. The number of aromatic hydroxyl groups is 3. The molecule has 8 aromatic rings. The van der Waals surface area contributed by atoms with Crippen LogP contribution in [0.4, 0.5) is 56.9 Å². The number of carboxylic acids is 1. The van der Waals surface area contributed by atoms with E-state index in [1.54, 1.807) is 0 Å². The summed E-state index contributed by atoms with van der Waals surface area (Å²) in [5.74, 6) is -5.58. The Kier molecular flexibility index (Phi) is 18.0. The third-order valence-corrected chi connectivity index (χ3v) is 17.9. The Morgan fingerprint density at radius 2 is 1.11 bits per heavy atom. The average Bonchev–Trinajstić information content (AvgIpc) is 0.943. The third kappa shape index (κ3) is 13.6. The number of aromatic nitrogens is 2. The van der Waals surface area contributed by atoms with Crippen LogP contribution in [0.2, 0.25) is 0 Å². The van der Waals surface area contributed by atoms with Crippen molar-refractivity contribution in [1.82, 2.24) is 9.78 Å². The van der Waals surface area contributed by atoms with Crippen molar-refractivity contribution < 1.29 is 123 Å². The molecule has 1 aromatic heterocycles. The molecule has 1 heterocycles. The number of azo groups is 4. The summed E-state index contributed by atoms with van der Waals surface area (Å²) in [6, 6.07) is 9.91. The highest BCUT2D eigenvalue weighted by molar-refractivity contribution is 7.94. The molecule has 0 amide bonds. The van der Waals surface area contributed by atoms with E-state index in [-0.39, 0.29) is 23.3 Å². The lowest BCUT2D eigenvalue weighted by Crippen LogP contribution is -2.08. The molecule has 90 heavy (non-hydrogen) atoms. The molecule has 474 valence electrons. The van der Waals surface area contributed by atoms with Gasteiger partial charge in [0.1, 0.15) is 58.6 Å². The fraction of sp³-hybridized carbons (Fsp3) is 0.0233. The number of carbonyl (C=O) groups is 1. The summed E-state index contributed by atoms with van der Waals surface area (Å²) in [5, 5.41) is 106. The normalized spacial score (nSPS) is 13.1. The van der Waals surface area contributed by atoms with Crippen LogP contribution in [0.5, 0.6) is 17.4 Å². The van der Waals surface area contributed by atoms with Crippen LogP contribution in [0.15, 0.2) is 160 Å². The number of fused-ring (bicyclic) bond motifs is 2. The second-order valence-corrected chi connectivity index (χ2v) is 26.6. The van der Waals surface area contributed by atoms with E-state index in [1.807, 2.05) is 0 Å². The number of hydrogen-bond donors (Lipinski definition) is 13. The van der Waals surface area contributed by atoms with E-state index < -0.39 is 208 Å². The van der Waals surface area contributed by atoms with Crippen molar-refractivity contribution in [3.8, 4) is 23.1 Å². The fourth-order valence-electron chi connectivity index (χ4n) is 8.00. The molecule has 0 aliphatic carbocycles. The zero-order valence-electron chi connectivity index (χ0n) is 43.3. The highest BCUT2D eigenvalue weighted by atomic mass is 32.2. The first-order valence-electron chi connectivity index (χ1n) is 22.9. The number of phenolic OH excluding ortho intramolecular Hbond substituents is 2. The molecule has 0 radical (unpaired) electrons. The van der Waals surface area contributed by atoms with Gasteiger partial charge < -0.3 is 36.6 Å². The fourth-order valence-corrected chi connectivity index (χ4v) is 12.5. The second kappa shape index (κ2) is 24.3. The van der Waals surface area contributed by atoms with Crippen molar-refractivity contribution in [3.63, 3.8) is 0 Å². The first-order chi connectivity index (χ1) is 41.6. The van der Waals surface area contributed by atoms with E-state index in [1.165, 1.54) is 0 Å². The number of rotatable bonds is 20. The van der Waals surface area contributed by atoms with Crippen LogP contribution in [-0.2, 0) is 70.1 Å². The van der Waals surface area contributed by atoms with Gasteiger partial charge in [0.05, 0.1) is 50.0 Å². The van der Waals surface area contributed by atoms with Crippen LogP contribution in [0.25, 0.3) is 27.2 Å². The number of carboxylic acid groups (broad SMARTS) is 1. The van der Waals surface area contributed by atoms with Crippen molar-refractivity contribution in [1.29, 1.82) is 0 Å². The molecule has 40 nitrogen and oxygen atoms in total. The van der Waals surface area contributed by atoms with Crippen LogP contribution < -0.4 is 11.0 Å². The topological polar surface area (TPSA) is 652 Å². The minimum absolute atomic E-state index is 0.0463. The number of aryl methyl sites for hydroxylation is 1. The Bertz CT molecular complexity index is 5240. The number of phenols is 2. The Morgan fingerprint density at radius 1 is 0.567 bits per heavy atom. The molecule has 0 unspecified atom stereocenters. The van der Waals surface area contributed by atoms with Gasteiger partial charge in [0.2, 0.25) is 11.6 Å².